The molecule has 0 aliphatic carbocycles. The number of carbonyl (C=O) groups is 9. The van der Waals surface area contributed by atoms with E-state index in [-0.39, 0.29) is 259 Å². The number of amides is 7. The predicted molar refractivity (Wildman–Crippen MR) is 395 cm³/mol. The second-order valence-electron chi connectivity index (χ2n) is 28.0. The van der Waals surface area contributed by atoms with E-state index in [4.69, 9.17) is 71.1 Å². The molecule has 4 saturated heterocycles. The number of Topliss-reactive ketones (excluding diaryl/α,β-unsaturated/α-hetero) is 2. The summed E-state index contributed by atoms with van der Waals surface area (Å²) in [4.78, 5) is 118. The van der Waals surface area contributed by atoms with Crippen LogP contribution in [0.3, 0.4) is 0 Å². The van der Waals surface area contributed by atoms with Crippen LogP contribution in [0.5, 0.6) is 0 Å². The predicted octanol–water partition coefficient (Wildman–Crippen LogP) is -6.31. The van der Waals surface area contributed by atoms with Gasteiger partial charge in [-0.15, -0.1) is 0 Å². The van der Waals surface area contributed by atoms with Gasteiger partial charge in [-0.2, -0.15) is 0 Å². The zero-order chi connectivity index (χ0) is 83.6. The molecule has 41 nitrogen and oxygen atoms in total. The largest absolute Gasteiger partial charge is 0.394 e. The number of nitrogens with zero attached hydrogens (tertiary/aromatic N) is 1. The first-order valence-corrected chi connectivity index (χ1v) is 39.4. The van der Waals surface area contributed by atoms with Crippen molar-refractivity contribution in [2.45, 2.75) is 234 Å². The Balaban J connectivity index is 1.28. The molecule has 7 amide bonds. The Bertz CT molecular complexity index is 2520. The lowest BCUT2D eigenvalue weighted by molar-refractivity contribution is -0.272. The van der Waals surface area contributed by atoms with Crippen LogP contribution in [0.2, 0.25) is 0 Å². The van der Waals surface area contributed by atoms with Crippen LogP contribution in [0.4, 0.5) is 0 Å². The lowest BCUT2D eigenvalue weighted by atomic mass is 9.82. The molecule has 4 aliphatic heterocycles. The van der Waals surface area contributed by atoms with E-state index in [0.29, 0.717) is 19.3 Å². The van der Waals surface area contributed by atoms with E-state index >= 15 is 0 Å². The van der Waals surface area contributed by atoms with E-state index in [1.807, 2.05) is 6.92 Å². The van der Waals surface area contributed by atoms with Crippen LogP contribution >= 0.6 is 0 Å². The second-order valence-corrected chi connectivity index (χ2v) is 28.0. The first-order chi connectivity index (χ1) is 54.8. The Labute approximate surface area is 664 Å². The molecule has 4 fully saturated rings. The van der Waals surface area contributed by atoms with Crippen molar-refractivity contribution < 1.29 is 165 Å². The summed E-state index contributed by atoms with van der Waals surface area (Å²) in [6.07, 6.45) is -15.3. The van der Waals surface area contributed by atoms with Crippen molar-refractivity contribution in [1.82, 2.24) is 36.8 Å². The molecule has 41 heteroatoms. The first-order valence-electron chi connectivity index (χ1n) is 39.4. The fraction of sp³-hybridized carbons (Fsp3) is 0.877. The van der Waals surface area contributed by atoms with E-state index in [1.165, 1.54) is 20.8 Å². The molecular formula is C73H129N7O34. The number of aliphatic hydroxyl groups excluding tert-OH is 10. The van der Waals surface area contributed by atoms with E-state index in [9.17, 15) is 94.2 Å². The third-order valence-electron chi connectivity index (χ3n) is 19.0. The third-order valence-corrected chi connectivity index (χ3v) is 19.0. The summed E-state index contributed by atoms with van der Waals surface area (Å²) in [6.45, 7) is 6.88. The lowest BCUT2D eigenvalue weighted by Gasteiger charge is -2.42. The molecule has 114 heavy (non-hydrogen) atoms. The summed E-state index contributed by atoms with van der Waals surface area (Å²) < 4.78 is 83.9. The fourth-order valence-electron chi connectivity index (χ4n) is 12.9. The van der Waals surface area contributed by atoms with Crippen molar-refractivity contribution in [3.8, 4) is 0 Å². The zero-order valence-corrected chi connectivity index (χ0v) is 66.2. The van der Waals surface area contributed by atoms with Gasteiger partial charge in [-0.1, -0.05) is 6.92 Å². The number of nitrogens with one attached hydrogen (secondary N) is 6. The quantitative estimate of drug-likeness (QED) is 0.0252. The molecular weight excluding hydrogens is 1520 g/mol. The molecule has 0 spiro atoms. The Morgan fingerprint density at radius 3 is 1.08 bits per heavy atom. The van der Waals surface area contributed by atoms with Crippen LogP contribution in [-0.2, 0) is 114 Å². The van der Waals surface area contributed by atoms with Crippen LogP contribution in [-0.4, -0.2) is 397 Å². The second kappa shape index (κ2) is 58.5. The van der Waals surface area contributed by atoms with Crippen molar-refractivity contribution in [2.75, 3.05) is 178 Å². The van der Waals surface area contributed by atoms with Gasteiger partial charge in [0.1, 0.15) is 84.6 Å². The monoisotopic (exact) mass is 1650 g/mol. The maximum atomic E-state index is 14.1. The van der Waals surface area contributed by atoms with Gasteiger partial charge in [0, 0.05) is 110 Å². The zero-order valence-electron chi connectivity index (χ0n) is 66.2. The number of rotatable bonds is 64. The summed E-state index contributed by atoms with van der Waals surface area (Å²) >= 11 is 0. The van der Waals surface area contributed by atoms with Gasteiger partial charge in [0.05, 0.1) is 158 Å². The molecule has 0 saturated carbocycles. The number of ether oxygens (including phenoxy) is 15. The standard InChI is InChI=1S/C73H129N7O34/c1-5-50-42-53(89)43-80(50)60(93)10-6-8-51(87)11-12-59(92)79-73(16-13-52(88)9-7-21-100-24-27-103-30-33-106-36-39-109-70-61(76-47(2)84)67(97)64(94)54(44-81)112-70,17-14-57(90)74-19-22-101-25-28-104-31-34-107-37-40-110-71-62(77-48(3)85)68(98)65(95)55(45-82)113-71)18-15-58(91)75-20-23-102-26-29-105-32-35-108-38-41-111-72-63(78-49(4)86)69(99)66(96)56(46-83)114-72/h50,53-56,61-72,81-83,89,94-99H,5-46H2,1-4H3,(H,74,90)(H,75,91)(H,76,84)(H,77,85)(H,78,86)(H,79,92)/t50-,53-,54?,55?,56?,61?,62?,63?,64?,65?,66?,67?,68?,69?,70?,71?,72?,73?/m1/s1. The Hall–Kier alpha value is -5.37. The van der Waals surface area contributed by atoms with Gasteiger partial charge in [-0.25, -0.2) is 0 Å². The van der Waals surface area contributed by atoms with Crippen LogP contribution < -0.4 is 31.9 Å². The smallest absolute Gasteiger partial charge is 0.222 e. The first kappa shape index (κ1) is 101. The summed E-state index contributed by atoms with van der Waals surface area (Å²) in [5.74, 6) is -3.52. The highest BCUT2D eigenvalue weighted by Gasteiger charge is 2.48. The molecule has 0 aromatic rings. The minimum absolute atomic E-state index is 0.00498. The highest BCUT2D eigenvalue weighted by molar-refractivity contribution is 5.86. The van der Waals surface area contributed by atoms with Crippen LogP contribution in [0.1, 0.15) is 124 Å². The molecule has 4 rings (SSSR count). The summed E-state index contributed by atoms with van der Waals surface area (Å²) in [6, 6.07) is -3.38. The highest BCUT2D eigenvalue weighted by Crippen LogP contribution is 2.29. The number of hydrogen-bond donors (Lipinski definition) is 16. The summed E-state index contributed by atoms with van der Waals surface area (Å²) in [5.41, 5.74) is -1.33. The van der Waals surface area contributed by atoms with Gasteiger partial charge in [0.25, 0.3) is 0 Å². The van der Waals surface area contributed by atoms with Gasteiger partial charge >= 0.3 is 0 Å². The van der Waals surface area contributed by atoms with Crippen LogP contribution in [0.15, 0.2) is 0 Å². The van der Waals surface area contributed by atoms with Crippen LogP contribution in [0.25, 0.3) is 0 Å². The molecule has 0 bridgehead atoms. The molecule has 17 atom stereocenters. The molecule has 0 radical (unpaired) electrons. The van der Waals surface area contributed by atoms with Gasteiger partial charge < -0.3 is 159 Å². The molecule has 0 aromatic heterocycles. The van der Waals surface area contributed by atoms with Gasteiger partial charge in [0.2, 0.25) is 41.4 Å². The van der Waals surface area contributed by atoms with Crippen molar-refractivity contribution >= 4 is 52.9 Å². The van der Waals surface area contributed by atoms with Crippen molar-refractivity contribution in [3.63, 3.8) is 0 Å². The Morgan fingerprint density at radius 1 is 0.386 bits per heavy atom. The molecule has 4 heterocycles. The lowest BCUT2D eigenvalue weighted by Crippen LogP contribution is -2.64. The van der Waals surface area contributed by atoms with Gasteiger partial charge in [0.15, 0.2) is 18.9 Å². The molecule has 16 N–H and O–H groups in total. The van der Waals surface area contributed by atoms with E-state index in [1.54, 1.807) is 4.90 Å². The summed E-state index contributed by atoms with van der Waals surface area (Å²) in [5, 5.41) is 117. The summed E-state index contributed by atoms with van der Waals surface area (Å²) in [7, 11) is 0. The van der Waals surface area contributed by atoms with E-state index in [0.717, 1.165) is 0 Å². The average Bonchev–Trinajstić information content (AvgIpc) is 1.09. The van der Waals surface area contributed by atoms with Gasteiger partial charge in [-0.3, -0.25) is 43.2 Å². The Morgan fingerprint density at radius 2 is 0.719 bits per heavy atom. The maximum absolute atomic E-state index is 14.1. The number of carbonyl (C=O) groups excluding carboxylic acids is 9. The molecule has 660 valence electrons. The van der Waals surface area contributed by atoms with Gasteiger partial charge in [-0.05, 0) is 44.9 Å². The third kappa shape index (κ3) is 39.9. The SMILES string of the molecule is CC[C@@H]1C[C@@H](O)CN1C(=O)CCCC(=O)CCC(=O)NC(CCC(=O)CCCOCCOCCOCCOC1OC(CO)C(O)C(O)C1NC(C)=O)(CCC(=O)NCCOCCOCCOCCOC1OC(CO)C(O)C(O)C1NC(C)=O)CCC(=O)NCCOCCOCCOCCOC1OC(CO)C(O)C(O)C1NC(C)=O. The molecule has 15 unspecified atom stereocenters. The van der Waals surface area contributed by atoms with Crippen LogP contribution in [0, 0.1) is 0 Å². The highest BCUT2D eigenvalue weighted by atomic mass is 16.7. The minimum Gasteiger partial charge on any atom is -0.394 e. The normalized spacial score (nSPS) is 26.2. The average molecular weight is 1650 g/mol. The van der Waals surface area contributed by atoms with Crippen molar-refractivity contribution in [3.05, 3.63) is 0 Å². The Kier molecular flexibility index (Phi) is 51.8. The number of hydrogen-bond acceptors (Lipinski definition) is 34. The minimum atomic E-state index is -1.46. The van der Waals surface area contributed by atoms with Crippen molar-refractivity contribution in [1.29, 1.82) is 0 Å². The number of aliphatic hydroxyl groups is 10. The van der Waals surface area contributed by atoms with E-state index < -0.39 is 159 Å². The van der Waals surface area contributed by atoms with Crippen molar-refractivity contribution in [2.24, 2.45) is 0 Å². The number of likely N-dealkylation sites (tertiary alicyclic amines) is 1. The number of β-amino-alcohol motifs (C(OH)–C–C–N with tert-alkyl or cyclic N) is 1. The maximum Gasteiger partial charge on any atom is 0.222 e. The number of ketones is 2. The molecule has 4 aliphatic rings. The fourth-order valence-corrected chi connectivity index (χ4v) is 12.9. The topological polar surface area (TPSA) is 570 Å². The van der Waals surface area contributed by atoms with E-state index in [2.05, 4.69) is 31.9 Å². The molecule has 0 aromatic carbocycles.